The van der Waals surface area contributed by atoms with Crippen molar-refractivity contribution in [3.8, 4) is 6.07 Å². The normalized spacial score (nSPS) is 10.9. The van der Waals surface area contributed by atoms with Gasteiger partial charge in [-0.15, -0.1) is 0 Å². The summed E-state index contributed by atoms with van der Waals surface area (Å²) in [5.41, 5.74) is 0.278. The highest BCUT2D eigenvalue weighted by Crippen LogP contribution is 2.14. The highest BCUT2D eigenvalue weighted by molar-refractivity contribution is 5.98. The molecule has 0 fully saturated rings. The standard InChI is InChI=1S/C19H16N4O6/c1-12(21-18(25)13-6-4-7-15(9-13)23(27)28)19(26)29-11-17(24)22-16-8-3-2-5-14(16)10-20/h2-9,12H,11H2,1H3,(H,21,25)(H,22,24)/t12-/m0/s1. The molecule has 2 amide bonds. The molecule has 0 saturated carbocycles. The molecule has 0 unspecified atom stereocenters. The third kappa shape index (κ3) is 5.86. The number of carbonyl (C=O) groups is 3. The van der Waals surface area contributed by atoms with E-state index in [1.54, 1.807) is 12.1 Å². The van der Waals surface area contributed by atoms with Crippen molar-refractivity contribution in [2.75, 3.05) is 11.9 Å². The second-order valence-corrected chi connectivity index (χ2v) is 5.82. The number of rotatable bonds is 7. The van der Waals surface area contributed by atoms with Crippen molar-refractivity contribution in [2.45, 2.75) is 13.0 Å². The van der Waals surface area contributed by atoms with Crippen LogP contribution in [0.3, 0.4) is 0 Å². The van der Waals surface area contributed by atoms with Crippen LogP contribution in [-0.2, 0) is 14.3 Å². The largest absolute Gasteiger partial charge is 0.454 e. The molecular weight excluding hydrogens is 380 g/mol. The molecule has 2 aromatic carbocycles. The van der Waals surface area contributed by atoms with Gasteiger partial charge in [-0.25, -0.2) is 4.79 Å². The molecule has 2 N–H and O–H groups in total. The molecule has 29 heavy (non-hydrogen) atoms. The first-order valence-corrected chi connectivity index (χ1v) is 8.32. The molecule has 0 aliphatic carbocycles. The zero-order valence-electron chi connectivity index (χ0n) is 15.2. The number of nitriles is 1. The van der Waals surface area contributed by atoms with Crippen molar-refractivity contribution in [1.82, 2.24) is 5.32 Å². The van der Waals surface area contributed by atoms with Gasteiger partial charge in [0, 0.05) is 17.7 Å². The van der Waals surface area contributed by atoms with Crippen molar-refractivity contribution >= 4 is 29.2 Å². The summed E-state index contributed by atoms with van der Waals surface area (Å²) in [6.45, 7) is 0.732. The average Bonchev–Trinajstić information content (AvgIpc) is 2.72. The summed E-state index contributed by atoms with van der Waals surface area (Å²) in [7, 11) is 0. The lowest BCUT2D eigenvalue weighted by molar-refractivity contribution is -0.384. The minimum absolute atomic E-state index is 0.00436. The average molecular weight is 396 g/mol. The van der Waals surface area contributed by atoms with Gasteiger partial charge in [0.1, 0.15) is 12.1 Å². The maximum atomic E-state index is 12.1. The van der Waals surface area contributed by atoms with Gasteiger partial charge in [0.15, 0.2) is 6.61 Å². The summed E-state index contributed by atoms with van der Waals surface area (Å²) in [6.07, 6.45) is 0. The van der Waals surface area contributed by atoms with Crippen molar-refractivity contribution in [3.63, 3.8) is 0 Å². The zero-order chi connectivity index (χ0) is 21.4. The van der Waals surface area contributed by atoms with Crippen LogP contribution in [0.15, 0.2) is 48.5 Å². The van der Waals surface area contributed by atoms with Crippen LogP contribution in [0.5, 0.6) is 0 Å². The van der Waals surface area contributed by atoms with Crippen LogP contribution in [0.25, 0.3) is 0 Å². The van der Waals surface area contributed by atoms with Crippen LogP contribution in [-0.4, -0.2) is 35.4 Å². The number of nitro groups is 1. The molecule has 10 heteroatoms. The first-order valence-electron chi connectivity index (χ1n) is 8.32. The Balaban J connectivity index is 1.88. The predicted octanol–water partition coefficient (Wildman–Crippen LogP) is 1.77. The Morgan fingerprint density at radius 2 is 1.93 bits per heavy atom. The molecule has 2 aromatic rings. The Hall–Kier alpha value is -4.26. The smallest absolute Gasteiger partial charge is 0.328 e. The van der Waals surface area contributed by atoms with E-state index in [9.17, 15) is 24.5 Å². The summed E-state index contributed by atoms with van der Waals surface area (Å²) < 4.78 is 4.85. The maximum Gasteiger partial charge on any atom is 0.328 e. The van der Waals surface area contributed by atoms with Gasteiger partial charge in [-0.3, -0.25) is 19.7 Å². The minimum Gasteiger partial charge on any atom is -0.454 e. The predicted molar refractivity (Wildman–Crippen MR) is 101 cm³/mol. The number of hydrogen-bond donors (Lipinski definition) is 2. The van der Waals surface area contributed by atoms with E-state index in [2.05, 4.69) is 10.6 Å². The molecule has 1 atom stereocenters. The number of amides is 2. The van der Waals surface area contributed by atoms with Gasteiger partial charge in [0.25, 0.3) is 17.5 Å². The van der Waals surface area contributed by atoms with E-state index in [0.717, 1.165) is 6.07 Å². The fourth-order valence-corrected chi connectivity index (χ4v) is 2.24. The van der Waals surface area contributed by atoms with E-state index in [4.69, 9.17) is 10.00 Å². The lowest BCUT2D eigenvalue weighted by Crippen LogP contribution is -2.40. The molecule has 0 bridgehead atoms. The van der Waals surface area contributed by atoms with Crippen LogP contribution >= 0.6 is 0 Å². The quantitative estimate of drug-likeness (QED) is 0.411. The third-order valence-corrected chi connectivity index (χ3v) is 3.69. The molecule has 0 aliphatic rings. The van der Waals surface area contributed by atoms with Gasteiger partial charge in [0.05, 0.1) is 16.2 Å². The molecule has 0 spiro atoms. The summed E-state index contributed by atoms with van der Waals surface area (Å²) >= 11 is 0. The SMILES string of the molecule is C[C@H](NC(=O)c1cccc([N+](=O)[O-])c1)C(=O)OCC(=O)Nc1ccccc1C#N. The van der Waals surface area contributed by atoms with Crippen LogP contribution in [0.1, 0.15) is 22.8 Å². The lowest BCUT2D eigenvalue weighted by atomic mass is 10.2. The van der Waals surface area contributed by atoms with Gasteiger partial charge >= 0.3 is 5.97 Å². The van der Waals surface area contributed by atoms with Gasteiger partial charge in [0.2, 0.25) is 0 Å². The highest BCUT2D eigenvalue weighted by atomic mass is 16.6. The number of ether oxygens (including phenoxy) is 1. The molecule has 2 rings (SSSR count). The lowest BCUT2D eigenvalue weighted by Gasteiger charge is -2.13. The zero-order valence-corrected chi connectivity index (χ0v) is 15.2. The number of para-hydroxylation sites is 1. The van der Waals surface area contributed by atoms with E-state index in [-0.39, 0.29) is 22.5 Å². The van der Waals surface area contributed by atoms with E-state index >= 15 is 0 Å². The molecule has 10 nitrogen and oxygen atoms in total. The number of nitrogens with zero attached hydrogens (tertiary/aromatic N) is 2. The molecule has 0 aromatic heterocycles. The Bertz CT molecular complexity index is 998. The molecule has 0 radical (unpaired) electrons. The number of nitro benzene ring substituents is 1. The highest BCUT2D eigenvalue weighted by Gasteiger charge is 2.20. The maximum absolute atomic E-state index is 12.1. The van der Waals surface area contributed by atoms with Gasteiger partial charge < -0.3 is 15.4 Å². The van der Waals surface area contributed by atoms with Gasteiger partial charge in [-0.05, 0) is 25.1 Å². The van der Waals surface area contributed by atoms with Crippen molar-refractivity contribution in [2.24, 2.45) is 0 Å². The first kappa shape index (κ1) is 21.0. The molecule has 0 saturated heterocycles. The number of anilines is 1. The monoisotopic (exact) mass is 396 g/mol. The number of non-ortho nitro benzene ring substituents is 1. The number of benzene rings is 2. The summed E-state index contributed by atoms with van der Waals surface area (Å²) in [6, 6.07) is 12.2. The molecular formula is C19H16N4O6. The summed E-state index contributed by atoms with van der Waals surface area (Å²) in [5.74, 6) is -2.23. The summed E-state index contributed by atoms with van der Waals surface area (Å²) in [5, 5.41) is 24.5. The Kier molecular flexibility index (Phi) is 6.97. The number of carbonyl (C=O) groups excluding carboxylic acids is 3. The molecule has 148 valence electrons. The minimum atomic E-state index is -1.10. The van der Waals surface area contributed by atoms with Crippen LogP contribution in [0, 0.1) is 21.4 Å². The van der Waals surface area contributed by atoms with Crippen LogP contribution < -0.4 is 10.6 Å². The Morgan fingerprint density at radius 3 is 2.62 bits per heavy atom. The first-order chi connectivity index (χ1) is 13.8. The van der Waals surface area contributed by atoms with E-state index < -0.39 is 35.4 Å². The fraction of sp³-hybridized carbons (Fsp3) is 0.158. The second kappa shape index (κ2) is 9.61. The van der Waals surface area contributed by atoms with E-state index in [1.807, 2.05) is 6.07 Å². The van der Waals surface area contributed by atoms with Crippen molar-refractivity contribution in [3.05, 3.63) is 69.8 Å². The van der Waals surface area contributed by atoms with Gasteiger partial charge in [-0.2, -0.15) is 5.26 Å². The summed E-state index contributed by atoms with van der Waals surface area (Å²) in [4.78, 5) is 46.2. The third-order valence-electron chi connectivity index (χ3n) is 3.69. The van der Waals surface area contributed by atoms with Crippen molar-refractivity contribution < 1.29 is 24.0 Å². The number of hydrogen-bond acceptors (Lipinski definition) is 7. The van der Waals surface area contributed by atoms with Crippen LogP contribution in [0.4, 0.5) is 11.4 Å². The fourth-order valence-electron chi connectivity index (χ4n) is 2.24. The Labute approximate surface area is 165 Å². The van der Waals surface area contributed by atoms with Crippen molar-refractivity contribution in [1.29, 1.82) is 5.26 Å². The molecule has 0 heterocycles. The van der Waals surface area contributed by atoms with E-state index in [0.29, 0.717) is 0 Å². The van der Waals surface area contributed by atoms with E-state index in [1.165, 1.54) is 37.3 Å². The number of esters is 1. The van der Waals surface area contributed by atoms with Crippen LogP contribution in [0.2, 0.25) is 0 Å². The number of nitrogens with one attached hydrogen (secondary N) is 2. The van der Waals surface area contributed by atoms with Gasteiger partial charge in [-0.1, -0.05) is 18.2 Å². The Morgan fingerprint density at radius 1 is 1.21 bits per heavy atom. The topological polar surface area (TPSA) is 151 Å². The second-order valence-electron chi connectivity index (χ2n) is 5.82. The molecule has 0 aliphatic heterocycles.